The molecule has 0 saturated heterocycles. The fourth-order valence-electron chi connectivity index (χ4n) is 9.11. The van der Waals surface area contributed by atoms with Gasteiger partial charge in [-0.25, -0.2) is 9.78 Å². The van der Waals surface area contributed by atoms with E-state index in [0.717, 1.165) is 27.6 Å². The molecule has 3 amide bonds. The third-order valence-corrected chi connectivity index (χ3v) is 13.5. The molecule has 9 rings (SSSR count). The Labute approximate surface area is 434 Å². The normalized spacial score (nSPS) is 16.3. The van der Waals surface area contributed by atoms with E-state index in [0.29, 0.717) is 22.7 Å². The number of halogens is 1. The molecule has 16 nitrogen and oxygen atoms in total. The topological polar surface area (TPSA) is 217 Å². The van der Waals surface area contributed by atoms with Gasteiger partial charge in [0.25, 0.3) is 11.6 Å². The van der Waals surface area contributed by atoms with Crippen molar-refractivity contribution in [2.24, 2.45) is 5.92 Å². The number of nitro groups is 1. The number of aldehydes is 1. The van der Waals surface area contributed by atoms with E-state index in [1.165, 1.54) is 6.07 Å². The van der Waals surface area contributed by atoms with E-state index in [1.54, 1.807) is 54.6 Å². The summed E-state index contributed by atoms with van der Waals surface area (Å²) in [6.45, 7) is 3.47. The third-order valence-electron chi connectivity index (χ3n) is 12.9. The summed E-state index contributed by atoms with van der Waals surface area (Å²) in [6, 6.07) is 40.2. The number of nitro benzene ring substituents is 1. The molecule has 0 fully saturated rings. The number of hydrogen-bond donors (Lipinski definition) is 4. The number of aromatic amines is 1. The predicted octanol–water partition coefficient (Wildman–Crippen LogP) is 10.2. The number of benzene rings is 6. The molecule has 6 aromatic carbocycles. The zero-order valence-corrected chi connectivity index (χ0v) is 41.9. The maximum atomic E-state index is 15.1. The van der Waals surface area contributed by atoms with Crippen LogP contribution in [0.2, 0.25) is 0 Å². The Morgan fingerprint density at radius 3 is 2.32 bits per heavy atom. The highest BCUT2D eigenvalue weighted by Crippen LogP contribution is 2.50. The van der Waals surface area contributed by atoms with Crippen molar-refractivity contribution in [2.45, 2.75) is 64.0 Å². The number of nitrogens with zero attached hydrogens (tertiary/aromatic N) is 2. The van der Waals surface area contributed by atoms with Crippen LogP contribution in [0.5, 0.6) is 11.5 Å². The largest absolute Gasteiger partial charge is 0.489 e. The minimum atomic E-state index is -2.17. The molecule has 4 bridgehead atoms. The van der Waals surface area contributed by atoms with Gasteiger partial charge in [-0.2, -0.15) is 0 Å². The Balaban J connectivity index is 1.23. The maximum Gasteiger partial charge on any atom is 0.408 e. The standard InChI is InChI=1S/C57H51BrN6O10/c1-35(2)49-55-63-50(54(67)59-27-26-39-30-60-45-22-11-10-19-41(39)45)52(74-55)57(34-65,42-20-13-21-44(58)51(42)72-33-40-18-9-12-23-47(40)64(69)70)43-28-38(24-25-48(43)71-31-36-14-5-3-6-15-36)29-46(53(66)62-49)61-56(68)73-32-37-16-7-4-8-17-37/h3-25,28,30,34-35,46,49,60H,26-27,29,31-33H2,1-2H3,(H,59,67)(H,61,68)(H,62,66)/t46-,49-,57+/m0/s1. The second-order valence-electron chi connectivity index (χ2n) is 18.1. The van der Waals surface area contributed by atoms with Crippen molar-refractivity contribution < 1.29 is 42.7 Å². The first kappa shape index (κ1) is 50.4. The maximum absolute atomic E-state index is 15.1. The van der Waals surface area contributed by atoms with Gasteiger partial charge >= 0.3 is 6.09 Å². The van der Waals surface area contributed by atoms with Crippen LogP contribution < -0.4 is 25.4 Å². The van der Waals surface area contributed by atoms with Crippen molar-refractivity contribution in [3.05, 3.63) is 223 Å². The van der Waals surface area contributed by atoms with Crippen LogP contribution in [-0.4, -0.2) is 51.7 Å². The monoisotopic (exact) mass is 1060 g/mol. The first-order valence-corrected chi connectivity index (χ1v) is 24.7. The number of aromatic nitrogens is 2. The van der Waals surface area contributed by atoms with Crippen molar-refractivity contribution >= 4 is 56.7 Å². The van der Waals surface area contributed by atoms with Crippen LogP contribution in [-0.2, 0) is 52.4 Å². The van der Waals surface area contributed by atoms with Crippen LogP contribution in [0.25, 0.3) is 10.9 Å². The highest BCUT2D eigenvalue weighted by Gasteiger charge is 2.49. The van der Waals surface area contributed by atoms with Crippen LogP contribution in [0.4, 0.5) is 10.5 Å². The van der Waals surface area contributed by atoms with Gasteiger partial charge in [-0.3, -0.25) is 19.7 Å². The lowest BCUT2D eigenvalue weighted by Gasteiger charge is -2.32. The average molecular weight is 1060 g/mol. The minimum absolute atomic E-state index is 0.0414. The lowest BCUT2D eigenvalue weighted by molar-refractivity contribution is -0.385. The van der Waals surface area contributed by atoms with Crippen LogP contribution in [0.15, 0.2) is 161 Å². The number of ether oxygens (including phenoxy) is 3. The summed E-state index contributed by atoms with van der Waals surface area (Å²) in [4.78, 5) is 78.2. The van der Waals surface area contributed by atoms with E-state index in [2.05, 4.69) is 36.9 Å². The molecule has 17 heteroatoms. The SMILES string of the molecule is CC(C)[C@@H]1NC(=O)[C@@H](NC(=O)OCc2ccccc2)Cc2ccc(OCc3ccccc3)c(c2)[C@@](C=O)(c2cccc(Br)c2OCc2ccccc2[N+](=O)[O-])c2oc1nc2C(=O)NCCc1c[nH]c2ccccc12. The Morgan fingerprint density at radius 2 is 1.58 bits per heavy atom. The smallest absolute Gasteiger partial charge is 0.408 e. The number of alkyl carbamates (subject to hydrolysis) is 1. The minimum Gasteiger partial charge on any atom is -0.489 e. The molecule has 0 spiro atoms. The summed E-state index contributed by atoms with van der Waals surface area (Å²) in [6.07, 6.45) is 1.99. The van der Waals surface area contributed by atoms with Gasteiger partial charge in [0.1, 0.15) is 55.1 Å². The molecule has 376 valence electrons. The third kappa shape index (κ3) is 10.8. The number of fused-ring (bicyclic) bond motifs is 5. The number of carbonyl (C=O) groups is 4. The van der Waals surface area contributed by atoms with Crippen molar-refractivity contribution in [1.82, 2.24) is 25.9 Å². The second-order valence-corrected chi connectivity index (χ2v) is 19.0. The number of H-pyrrole nitrogens is 1. The van der Waals surface area contributed by atoms with Gasteiger partial charge in [0.05, 0.1) is 15.0 Å². The molecule has 3 heterocycles. The van der Waals surface area contributed by atoms with Crippen molar-refractivity contribution in [3.63, 3.8) is 0 Å². The molecule has 4 N–H and O–H groups in total. The van der Waals surface area contributed by atoms with E-state index in [-0.39, 0.29) is 84.0 Å². The molecule has 8 aromatic rings. The number of rotatable bonds is 17. The Bertz CT molecular complexity index is 3340. The first-order valence-electron chi connectivity index (χ1n) is 24.0. The number of nitrogens with one attached hydrogen (secondary N) is 4. The van der Waals surface area contributed by atoms with Crippen molar-refractivity contribution in [2.75, 3.05) is 6.54 Å². The molecular formula is C57H51BrN6O10. The van der Waals surface area contributed by atoms with Gasteiger partial charge in [0.2, 0.25) is 11.8 Å². The van der Waals surface area contributed by atoms with Gasteiger partial charge in [-0.15, -0.1) is 0 Å². The highest BCUT2D eigenvalue weighted by molar-refractivity contribution is 9.10. The fourth-order valence-corrected chi connectivity index (χ4v) is 9.59. The number of hydrogen-bond acceptors (Lipinski definition) is 11. The molecule has 74 heavy (non-hydrogen) atoms. The quantitative estimate of drug-likeness (QED) is 0.0382. The van der Waals surface area contributed by atoms with Gasteiger partial charge < -0.3 is 44.4 Å². The van der Waals surface area contributed by atoms with E-state index in [9.17, 15) is 19.7 Å². The van der Waals surface area contributed by atoms with Gasteiger partial charge in [0, 0.05) is 47.3 Å². The summed E-state index contributed by atoms with van der Waals surface area (Å²) in [7, 11) is 0. The number of amides is 3. The summed E-state index contributed by atoms with van der Waals surface area (Å²) in [5.41, 5.74) is 1.86. The zero-order chi connectivity index (χ0) is 51.8. The van der Waals surface area contributed by atoms with Gasteiger partial charge in [-0.1, -0.05) is 129 Å². The molecular weight excluding hydrogens is 1010 g/mol. The number of carbonyl (C=O) groups excluding carboxylic acids is 4. The van der Waals surface area contributed by atoms with Crippen molar-refractivity contribution in [1.29, 1.82) is 0 Å². The Morgan fingerprint density at radius 1 is 0.865 bits per heavy atom. The zero-order valence-electron chi connectivity index (χ0n) is 40.3. The Kier molecular flexibility index (Phi) is 15.3. The van der Waals surface area contributed by atoms with Gasteiger partial charge in [0.15, 0.2) is 11.5 Å². The van der Waals surface area contributed by atoms with Crippen LogP contribution in [0.1, 0.15) is 81.0 Å². The van der Waals surface area contributed by atoms with Gasteiger partial charge in [-0.05, 0) is 74.8 Å². The Hall–Kier alpha value is -8.57. The molecule has 0 unspecified atom stereocenters. The van der Waals surface area contributed by atoms with Crippen LogP contribution in [0.3, 0.4) is 0 Å². The number of para-hydroxylation sites is 3. The molecule has 3 atom stereocenters. The first-order chi connectivity index (χ1) is 35.9. The van der Waals surface area contributed by atoms with E-state index in [4.69, 9.17) is 23.6 Å². The predicted molar refractivity (Wildman–Crippen MR) is 279 cm³/mol. The summed E-state index contributed by atoms with van der Waals surface area (Å²) in [5.74, 6) is -1.78. The molecule has 1 aliphatic heterocycles. The molecule has 0 aliphatic carbocycles. The molecule has 0 saturated carbocycles. The number of oxazole rings is 1. The summed E-state index contributed by atoms with van der Waals surface area (Å²) in [5, 5.41) is 22.0. The van der Waals surface area contributed by atoms with Crippen molar-refractivity contribution in [3.8, 4) is 11.5 Å². The highest BCUT2D eigenvalue weighted by atomic mass is 79.9. The molecule has 2 aromatic heterocycles. The molecule has 1 aliphatic rings. The fraction of sp³-hybridized carbons (Fsp3) is 0.211. The molecule has 0 radical (unpaired) electrons. The van der Waals surface area contributed by atoms with E-state index >= 15 is 9.59 Å². The average Bonchev–Trinajstić information content (AvgIpc) is 4.05. The van der Waals surface area contributed by atoms with E-state index < -0.39 is 46.2 Å². The van der Waals surface area contributed by atoms with E-state index in [1.807, 2.05) is 105 Å². The lowest BCUT2D eigenvalue weighted by Crippen LogP contribution is -2.49. The van der Waals surface area contributed by atoms with Crippen LogP contribution in [0, 0.1) is 16.0 Å². The summed E-state index contributed by atoms with van der Waals surface area (Å²) >= 11 is 3.66. The van der Waals surface area contributed by atoms with Crippen LogP contribution >= 0.6 is 15.9 Å². The lowest BCUT2D eigenvalue weighted by atomic mass is 9.71. The second kappa shape index (κ2) is 22.5. The summed E-state index contributed by atoms with van der Waals surface area (Å²) < 4.78 is 26.1.